The molecule has 2 heterocycles. The van der Waals surface area contributed by atoms with E-state index in [-0.39, 0.29) is 11.6 Å². The zero-order chi connectivity index (χ0) is 23.3. The number of pyridine rings is 1. The number of carbonyl (C=O) groups excluding carboxylic acids is 3. The molecule has 0 fully saturated rings. The van der Waals surface area contributed by atoms with E-state index in [1.807, 2.05) is 6.92 Å². The number of nitrogens with zero attached hydrogens (tertiary/aromatic N) is 1. The highest BCUT2D eigenvalue weighted by Crippen LogP contribution is 2.29. The molecule has 2 amide bonds. The molecule has 0 aliphatic heterocycles. The number of aromatic amines is 1. The van der Waals surface area contributed by atoms with Crippen LogP contribution in [0.15, 0.2) is 42.7 Å². The van der Waals surface area contributed by atoms with Crippen LogP contribution in [0.5, 0.6) is 5.75 Å². The van der Waals surface area contributed by atoms with E-state index in [0.29, 0.717) is 45.9 Å². The summed E-state index contributed by atoms with van der Waals surface area (Å²) in [6.45, 7) is 3.57. The summed E-state index contributed by atoms with van der Waals surface area (Å²) in [4.78, 5) is 44.3. The zero-order valence-corrected chi connectivity index (χ0v) is 18.2. The fourth-order valence-corrected chi connectivity index (χ4v) is 3.29. The molecule has 166 valence electrons. The average molecular weight is 436 g/mol. The van der Waals surface area contributed by atoms with Gasteiger partial charge in [0.2, 0.25) is 0 Å². The van der Waals surface area contributed by atoms with Crippen molar-refractivity contribution in [2.75, 3.05) is 24.9 Å². The Morgan fingerprint density at radius 2 is 1.88 bits per heavy atom. The number of hydrogen-bond donors (Lipinski definition) is 3. The van der Waals surface area contributed by atoms with Gasteiger partial charge in [0.25, 0.3) is 11.8 Å². The highest BCUT2D eigenvalue weighted by Gasteiger charge is 2.24. The maximum atomic E-state index is 12.9. The van der Waals surface area contributed by atoms with Crippen molar-refractivity contribution in [2.24, 2.45) is 0 Å². The van der Waals surface area contributed by atoms with Crippen molar-refractivity contribution in [2.45, 2.75) is 20.3 Å². The number of aromatic nitrogens is 2. The molecule has 0 aliphatic rings. The van der Waals surface area contributed by atoms with Crippen molar-refractivity contribution >= 4 is 29.2 Å². The van der Waals surface area contributed by atoms with Crippen LogP contribution in [0.3, 0.4) is 0 Å². The summed E-state index contributed by atoms with van der Waals surface area (Å²) in [5.74, 6) is -0.878. The third kappa shape index (κ3) is 4.61. The predicted octanol–water partition coefficient (Wildman–Crippen LogP) is 3.58. The number of carbonyl (C=O) groups is 3. The van der Waals surface area contributed by atoms with Crippen molar-refractivity contribution in [1.29, 1.82) is 0 Å². The van der Waals surface area contributed by atoms with Crippen LogP contribution >= 0.6 is 0 Å². The van der Waals surface area contributed by atoms with Gasteiger partial charge in [-0.3, -0.25) is 14.6 Å². The molecule has 1 aromatic carbocycles. The standard InChI is InChI=1S/C23H24N4O5/c1-5-16-19(23(30)32-4)13(2)20(26-16)22(29)25-15-8-9-17(18(11-15)31-3)27-21(28)14-7-6-10-24-12-14/h6-12,26H,5H2,1-4H3,(H,25,29)(H,27,28). The van der Waals surface area contributed by atoms with Crippen molar-refractivity contribution < 1.29 is 23.9 Å². The van der Waals surface area contributed by atoms with Crippen molar-refractivity contribution in [3.63, 3.8) is 0 Å². The van der Waals surface area contributed by atoms with E-state index in [0.717, 1.165) is 0 Å². The van der Waals surface area contributed by atoms with Crippen LogP contribution in [0.2, 0.25) is 0 Å². The predicted molar refractivity (Wildman–Crippen MR) is 119 cm³/mol. The smallest absolute Gasteiger partial charge is 0.339 e. The van der Waals surface area contributed by atoms with E-state index >= 15 is 0 Å². The monoisotopic (exact) mass is 436 g/mol. The van der Waals surface area contributed by atoms with E-state index in [4.69, 9.17) is 9.47 Å². The minimum absolute atomic E-state index is 0.273. The van der Waals surface area contributed by atoms with Gasteiger partial charge in [0.1, 0.15) is 11.4 Å². The SMILES string of the molecule is CCc1[nH]c(C(=O)Nc2ccc(NC(=O)c3cccnc3)c(OC)c2)c(C)c1C(=O)OC. The molecule has 9 nitrogen and oxygen atoms in total. The second-order valence-electron chi connectivity index (χ2n) is 6.89. The van der Waals surface area contributed by atoms with Crippen LogP contribution in [0.25, 0.3) is 0 Å². The maximum absolute atomic E-state index is 12.9. The molecule has 3 aromatic rings. The number of hydrogen-bond acceptors (Lipinski definition) is 6. The van der Waals surface area contributed by atoms with Crippen LogP contribution in [0, 0.1) is 6.92 Å². The molecule has 0 atom stereocenters. The number of H-pyrrole nitrogens is 1. The largest absolute Gasteiger partial charge is 0.494 e. The fraction of sp³-hybridized carbons (Fsp3) is 0.217. The normalized spacial score (nSPS) is 10.4. The first-order valence-corrected chi connectivity index (χ1v) is 9.90. The topological polar surface area (TPSA) is 122 Å². The summed E-state index contributed by atoms with van der Waals surface area (Å²) in [5, 5.41) is 5.54. The Labute approximate surface area is 185 Å². The van der Waals surface area contributed by atoms with Gasteiger partial charge in [-0.2, -0.15) is 0 Å². The number of amides is 2. The van der Waals surface area contributed by atoms with Crippen molar-refractivity contribution in [3.8, 4) is 5.75 Å². The van der Waals surface area contributed by atoms with Crippen molar-refractivity contribution in [1.82, 2.24) is 9.97 Å². The van der Waals surface area contributed by atoms with Crippen molar-refractivity contribution in [3.05, 3.63) is 70.8 Å². The van der Waals surface area contributed by atoms with E-state index in [1.54, 1.807) is 43.5 Å². The molecule has 3 N–H and O–H groups in total. The fourth-order valence-electron chi connectivity index (χ4n) is 3.29. The van der Waals surface area contributed by atoms with Gasteiger partial charge in [-0.15, -0.1) is 0 Å². The number of ether oxygens (including phenoxy) is 2. The highest BCUT2D eigenvalue weighted by atomic mass is 16.5. The Morgan fingerprint density at radius 3 is 2.50 bits per heavy atom. The molecule has 0 radical (unpaired) electrons. The minimum atomic E-state index is -0.495. The number of anilines is 2. The lowest BCUT2D eigenvalue weighted by Crippen LogP contribution is -2.15. The Hall–Kier alpha value is -4.14. The van der Waals surface area contributed by atoms with Gasteiger partial charge in [-0.05, 0) is 43.2 Å². The van der Waals surface area contributed by atoms with E-state index < -0.39 is 11.9 Å². The van der Waals surface area contributed by atoms with Crippen LogP contribution in [-0.2, 0) is 11.2 Å². The molecule has 2 aromatic heterocycles. The third-order valence-electron chi connectivity index (χ3n) is 4.93. The average Bonchev–Trinajstić information content (AvgIpc) is 3.16. The first-order chi connectivity index (χ1) is 15.4. The van der Waals surface area contributed by atoms with Gasteiger partial charge >= 0.3 is 5.97 Å². The molecule has 32 heavy (non-hydrogen) atoms. The number of nitrogens with one attached hydrogen (secondary N) is 3. The maximum Gasteiger partial charge on any atom is 0.339 e. The lowest BCUT2D eigenvalue weighted by molar-refractivity contribution is 0.0598. The van der Waals surface area contributed by atoms with Gasteiger partial charge in [-0.1, -0.05) is 6.92 Å². The number of benzene rings is 1. The van der Waals surface area contributed by atoms with Crippen LogP contribution in [0.4, 0.5) is 11.4 Å². The zero-order valence-electron chi connectivity index (χ0n) is 18.2. The molecule has 0 aliphatic carbocycles. The van der Waals surface area contributed by atoms with Crippen LogP contribution in [0.1, 0.15) is 49.4 Å². The van der Waals surface area contributed by atoms with Gasteiger partial charge < -0.3 is 25.1 Å². The Bertz CT molecular complexity index is 1150. The number of aryl methyl sites for hydroxylation is 1. The summed E-state index contributed by atoms with van der Waals surface area (Å²) in [6.07, 6.45) is 3.58. The van der Waals surface area contributed by atoms with E-state index in [1.165, 1.54) is 20.4 Å². The lowest BCUT2D eigenvalue weighted by atomic mass is 10.1. The first-order valence-electron chi connectivity index (χ1n) is 9.90. The quantitative estimate of drug-likeness (QED) is 0.487. The molecule has 0 saturated carbocycles. The molecular formula is C23H24N4O5. The summed E-state index contributed by atoms with van der Waals surface area (Å²) in [5.41, 5.74) is 3.09. The highest BCUT2D eigenvalue weighted by molar-refractivity contribution is 6.08. The Balaban J connectivity index is 1.81. The van der Waals surface area contributed by atoms with Crippen LogP contribution < -0.4 is 15.4 Å². The second kappa shape index (κ2) is 9.78. The summed E-state index contributed by atoms with van der Waals surface area (Å²) in [6, 6.07) is 8.18. The Kier molecular flexibility index (Phi) is 6.89. The van der Waals surface area contributed by atoms with Gasteiger partial charge in [0.05, 0.1) is 31.0 Å². The second-order valence-corrected chi connectivity index (χ2v) is 6.89. The molecule has 0 unspecified atom stereocenters. The van der Waals surface area contributed by atoms with E-state index in [9.17, 15) is 14.4 Å². The van der Waals surface area contributed by atoms with Gasteiger partial charge in [-0.25, -0.2) is 4.79 Å². The molecule has 3 rings (SSSR count). The number of esters is 1. The third-order valence-corrected chi connectivity index (χ3v) is 4.93. The molecule has 0 spiro atoms. The molecule has 9 heteroatoms. The minimum Gasteiger partial charge on any atom is -0.494 e. The molecule has 0 saturated heterocycles. The first kappa shape index (κ1) is 22.5. The lowest BCUT2D eigenvalue weighted by Gasteiger charge is -2.13. The van der Waals surface area contributed by atoms with Gasteiger partial charge in [0, 0.05) is 29.8 Å². The molecule has 0 bridgehead atoms. The van der Waals surface area contributed by atoms with Gasteiger partial charge in [0.15, 0.2) is 0 Å². The van der Waals surface area contributed by atoms with E-state index in [2.05, 4.69) is 20.6 Å². The summed E-state index contributed by atoms with van der Waals surface area (Å²) in [7, 11) is 2.76. The summed E-state index contributed by atoms with van der Waals surface area (Å²) >= 11 is 0. The number of methoxy groups -OCH3 is 2. The van der Waals surface area contributed by atoms with Crippen LogP contribution in [-0.4, -0.2) is 42.0 Å². The Morgan fingerprint density at radius 1 is 1.09 bits per heavy atom. The number of rotatable bonds is 7. The summed E-state index contributed by atoms with van der Waals surface area (Å²) < 4.78 is 10.2. The molecular weight excluding hydrogens is 412 g/mol.